The second-order valence-electron chi connectivity index (χ2n) is 5.19. The first-order valence-corrected chi connectivity index (χ1v) is 7.85. The fourth-order valence-corrected chi connectivity index (χ4v) is 2.38. The molecular formula is C18H12ClN3O4. The highest BCUT2D eigenvalue weighted by atomic mass is 35.5. The molecule has 1 N–H and O–H groups in total. The highest BCUT2D eigenvalue weighted by Gasteiger charge is 2.15. The molecule has 1 aromatic heterocycles. The summed E-state index contributed by atoms with van der Waals surface area (Å²) in [5.74, 6) is 0.452. The van der Waals surface area contributed by atoms with Crippen molar-refractivity contribution in [3.63, 3.8) is 0 Å². The number of hydrogen-bond acceptors (Lipinski definition) is 5. The van der Waals surface area contributed by atoms with Crippen LogP contribution in [0.4, 0.5) is 5.69 Å². The van der Waals surface area contributed by atoms with Crippen molar-refractivity contribution in [2.45, 2.75) is 0 Å². The van der Waals surface area contributed by atoms with Crippen LogP contribution in [0.2, 0.25) is 5.02 Å². The molecule has 0 bridgehead atoms. The number of furan rings is 1. The molecule has 0 aliphatic carbocycles. The van der Waals surface area contributed by atoms with Crippen LogP contribution in [-0.4, -0.2) is 17.0 Å². The molecule has 2 aromatic carbocycles. The highest BCUT2D eigenvalue weighted by molar-refractivity contribution is 6.32. The zero-order valence-electron chi connectivity index (χ0n) is 13.3. The zero-order valence-corrected chi connectivity index (χ0v) is 14.0. The van der Waals surface area contributed by atoms with E-state index >= 15 is 0 Å². The van der Waals surface area contributed by atoms with E-state index in [1.165, 1.54) is 18.3 Å². The SMILES string of the molecule is O=C(NN=Cc1ccc(-c2ccc(Cl)c([N+](=O)[O-])c2)o1)c1ccccc1. The van der Waals surface area contributed by atoms with Gasteiger partial charge in [-0.25, -0.2) is 5.43 Å². The summed E-state index contributed by atoms with van der Waals surface area (Å²) in [6, 6.07) is 16.3. The quantitative estimate of drug-likeness (QED) is 0.412. The Balaban J connectivity index is 1.71. The molecule has 3 rings (SSSR count). The molecule has 0 aliphatic heterocycles. The van der Waals surface area contributed by atoms with Crippen molar-refractivity contribution in [1.29, 1.82) is 0 Å². The number of nitrogens with zero attached hydrogens (tertiary/aromatic N) is 2. The molecule has 0 spiro atoms. The van der Waals surface area contributed by atoms with Crippen LogP contribution in [0.1, 0.15) is 16.1 Å². The van der Waals surface area contributed by atoms with Gasteiger partial charge in [-0.1, -0.05) is 29.8 Å². The predicted octanol–water partition coefficient (Wildman–Crippen LogP) is 4.27. The number of nitro benzene ring substituents is 1. The van der Waals surface area contributed by atoms with Gasteiger partial charge in [0.25, 0.3) is 11.6 Å². The molecule has 1 heterocycles. The van der Waals surface area contributed by atoms with Crippen molar-refractivity contribution in [2.75, 3.05) is 0 Å². The molecule has 0 fully saturated rings. The first-order chi connectivity index (χ1) is 12.5. The summed E-state index contributed by atoms with van der Waals surface area (Å²) >= 11 is 5.80. The minimum Gasteiger partial charge on any atom is -0.455 e. The molecule has 1 amide bonds. The van der Waals surface area contributed by atoms with Gasteiger partial charge in [-0.05, 0) is 36.4 Å². The molecule has 0 saturated carbocycles. The van der Waals surface area contributed by atoms with Crippen LogP contribution >= 0.6 is 11.6 Å². The van der Waals surface area contributed by atoms with Gasteiger partial charge in [-0.3, -0.25) is 14.9 Å². The maximum Gasteiger partial charge on any atom is 0.288 e. The number of carbonyl (C=O) groups excluding carboxylic acids is 1. The lowest BCUT2D eigenvalue weighted by Crippen LogP contribution is -2.17. The Morgan fingerprint density at radius 3 is 2.65 bits per heavy atom. The summed E-state index contributed by atoms with van der Waals surface area (Å²) in [6.45, 7) is 0. The summed E-state index contributed by atoms with van der Waals surface area (Å²) in [6.07, 6.45) is 1.34. The van der Waals surface area contributed by atoms with E-state index in [0.717, 1.165) is 0 Å². The number of benzene rings is 2. The van der Waals surface area contributed by atoms with Gasteiger partial charge < -0.3 is 4.42 Å². The monoisotopic (exact) mass is 369 g/mol. The molecule has 0 saturated heterocycles. The fourth-order valence-electron chi connectivity index (χ4n) is 2.19. The number of rotatable bonds is 5. The average molecular weight is 370 g/mol. The van der Waals surface area contributed by atoms with E-state index in [1.54, 1.807) is 42.5 Å². The number of carbonyl (C=O) groups is 1. The molecule has 7 nitrogen and oxygen atoms in total. The standard InChI is InChI=1S/C18H12ClN3O4/c19-15-8-6-13(10-16(15)22(24)25)17-9-7-14(26-17)11-20-21-18(23)12-4-2-1-3-5-12/h1-11H,(H,21,23). The molecule has 8 heteroatoms. The summed E-state index contributed by atoms with van der Waals surface area (Å²) in [5, 5.41) is 14.9. The normalized spacial score (nSPS) is 10.8. The lowest BCUT2D eigenvalue weighted by Gasteiger charge is -1.99. The molecule has 26 heavy (non-hydrogen) atoms. The van der Waals surface area contributed by atoms with Crippen LogP contribution in [0.25, 0.3) is 11.3 Å². The second kappa shape index (κ2) is 7.62. The summed E-state index contributed by atoms with van der Waals surface area (Å²) in [4.78, 5) is 22.3. The molecule has 0 radical (unpaired) electrons. The van der Waals surface area contributed by atoms with Gasteiger partial charge in [0.2, 0.25) is 0 Å². The third-order valence-corrected chi connectivity index (χ3v) is 3.77. The van der Waals surface area contributed by atoms with Gasteiger partial charge in [0.15, 0.2) is 0 Å². The van der Waals surface area contributed by atoms with Crippen molar-refractivity contribution in [1.82, 2.24) is 5.43 Å². The van der Waals surface area contributed by atoms with Gasteiger partial charge in [-0.2, -0.15) is 5.10 Å². The van der Waals surface area contributed by atoms with Crippen LogP contribution in [0.5, 0.6) is 0 Å². The first-order valence-electron chi connectivity index (χ1n) is 7.47. The molecule has 0 aliphatic rings. The highest BCUT2D eigenvalue weighted by Crippen LogP contribution is 2.30. The minimum absolute atomic E-state index is 0.0516. The van der Waals surface area contributed by atoms with Crippen molar-refractivity contribution < 1.29 is 14.1 Å². The molecule has 0 unspecified atom stereocenters. The van der Waals surface area contributed by atoms with Crippen molar-refractivity contribution >= 4 is 29.4 Å². The maximum absolute atomic E-state index is 11.9. The average Bonchev–Trinajstić information content (AvgIpc) is 3.11. The zero-order chi connectivity index (χ0) is 18.5. The Kier molecular flexibility index (Phi) is 5.09. The Hall–Kier alpha value is -3.45. The third-order valence-electron chi connectivity index (χ3n) is 3.45. The number of nitrogens with one attached hydrogen (secondary N) is 1. The van der Waals surface area contributed by atoms with E-state index in [9.17, 15) is 14.9 Å². The van der Waals surface area contributed by atoms with Crippen molar-refractivity contribution in [3.8, 4) is 11.3 Å². The van der Waals surface area contributed by atoms with Crippen LogP contribution in [0, 0.1) is 10.1 Å². The Morgan fingerprint density at radius 1 is 1.15 bits per heavy atom. The third kappa shape index (κ3) is 3.96. The number of nitro groups is 1. The van der Waals surface area contributed by atoms with E-state index in [1.807, 2.05) is 6.07 Å². The Morgan fingerprint density at radius 2 is 1.92 bits per heavy atom. The van der Waals surface area contributed by atoms with E-state index in [4.69, 9.17) is 16.0 Å². The summed E-state index contributed by atoms with van der Waals surface area (Å²) < 4.78 is 5.57. The summed E-state index contributed by atoms with van der Waals surface area (Å²) in [5.41, 5.74) is 3.18. The van der Waals surface area contributed by atoms with Crippen molar-refractivity contribution in [2.24, 2.45) is 5.10 Å². The lowest BCUT2D eigenvalue weighted by molar-refractivity contribution is -0.384. The molecule has 0 atom stereocenters. The first kappa shape index (κ1) is 17.4. The van der Waals surface area contributed by atoms with E-state index < -0.39 is 4.92 Å². The van der Waals surface area contributed by atoms with Gasteiger partial charge in [0, 0.05) is 17.2 Å². The van der Waals surface area contributed by atoms with Gasteiger partial charge in [-0.15, -0.1) is 0 Å². The van der Waals surface area contributed by atoms with Crippen LogP contribution in [0.15, 0.2) is 70.2 Å². The molecular weight excluding hydrogens is 358 g/mol. The van der Waals surface area contributed by atoms with Crippen molar-refractivity contribution in [3.05, 3.63) is 87.1 Å². The van der Waals surface area contributed by atoms with Crippen LogP contribution in [-0.2, 0) is 0 Å². The Labute approximate surface area is 153 Å². The minimum atomic E-state index is -0.559. The number of amides is 1. The maximum atomic E-state index is 11.9. The fraction of sp³-hybridized carbons (Fsp3) is 0. The van der Waals surface area contributed by atoms with Gasteiger partial charge >= 0.3 is 0 Å². The number of hydrogen-bond donors (Lipinski definition) is 1. The summed E-state index contributed by atoms with van der Waals surface area (Å²) in [7, 11) is 0. The predicted molar refractivity (Wildman–Crippen MR) is 97.3 cm³/mol. The van der Waals surface area contributed by atoms with Crippen LogP contribution in [0.3, 0.4) is 0 Å². The lowest BCUT2D eigenvalue weighted by atomic mass is 10.1. The smallest absolute Gasteiger partial charge is 0.288 e. The van der Waals surface area contributed by atoms with E-state index in [2.05, 4.69) is 10.5 Å². The van der Waals surface area contributed by atoms with Gasteiger partial charge in [0.05, 0.1) is 11.1 Å². The van der Waals surface area contributed by atoms with Crippen LogP contribution < -0.4 is 5.43 Å². The molecule has 3 aromatic rings. The largest absolute Gasteiger partial charge is 0.455 e. The Bertz CT molecular complexity index is 983. The van der Waals surface area contributed by atoms with Gasteiger partial charge in [0.1, 0.15) is 16.5 Å². The topological polar surface area (TPSA) is 97.7 Å². The van der Waals surface area contributed by atoms with E-state index in [-0.39, 0.29) is 16.6 Å². The number of halogens is 1. The molecule has 130 valence electrons. The van der Waals surface area contributed by atoms with E-state index in [0.29, 0.717) is 22.6 Å². The number of hydrazone groups is 1. The second-order valence-corrected chi connectivity index (χ2v) is 5.60.